The van der Waals surface area contributed by atoms with Gasteiger partial charge in [-0.3, -0.25) is 9.59 Å². The zero-order valence-corrected chi connectivity index (χ0v) is 10.1. The Morgan fingerprint density at radius 2 is 2.11 bits per heavy atom. The summed E-state index contributed by atoms with van der Waals surface area (Å²) in [5.74, 6) is -0.614. The topological polar surface area (TPSA) is 66.8 Å². The number of hydrogen-bond acceptors (Lipinski definition) is 4. The minimum absolute atomic E-state index is 0.0330. The van der Waals surface area contributed by atoms with Gasteiger partial charge in [0.05, 0.1) is 7.11 Å². The van der Waals surface area contributed by atoms with Crippen LogP contribution in [0.2, 0.25) is 0 Å². The monoisotopic (exact) mass is 247 g/mol. The molecule has 0 atom stereocenters. The highest BCUT2D eigenvalue weighted by Crippen LogP contribution is 2.27. The number of benzene rings is 1. The lowest BCUT2D eigenvalue weighted by Crippen LogP contribution is -2.22. The number of nitrogens with zero attached hydrogens (tertiary/aromatic N) is 1. The summed E-state index contributed by atoms with van der Waals surface area (Å²) in [4.78, 5) is 24.3. The molecule has 0 bridgehead atoms. The molecule has 0 aromatic heterocycles. The summed E-state index contributed by atoms with van der Waals surface area (Å²) < 4.78 is 4.98. The summed E-state index contributed by atoms with van der Waals surface area (Å²) >= 11 is 0. The van der Waals surface area contributed by atoms with Crippen LogP contribution in [0.1, 0.15) is 5.56 Å². The number of ether oxygens (including phenoxy) is 1. The van der Waals surface area contributed by atoms with E-state index < -0.39 is 11.7 Å². The lowest BCUT2D eigenvalue weighted by molar-refractivity contribution is -0.138. The number of amides is 1. The first-order valence-corrected chi connectivity index (χ1v) is 5.40. The van der Waals surface area contributed by atoms with Gasteiger partial charge in [0.25, 0.3) is 5.91 Å². The van der Waals surface area contributed by atoms with Crippen molar-refractivity contribution in [3.05, 3.63) is 29.3 Å². The van der Waals surface area contributed by atoms with Crippen molar-refractivity contribution < 1.29 is 19.4 Å². The maximum Gasteiger partial charge on any atom is 0.294 e. The van der Waals surface area contributed by atoms with E-state index in [1.807, 2.05) is 0 Å². The van der Waals surface area contributed by atoms with E-state index in [9.17, 15) is 14.7 Å². The first kappa shape index (κ1) is 12.2. The molecule has 1 N–H and O–H groups in total. The van der Waals surface area contributed by atoms with E-state index in [-0.39, 0.29) is 5.75 Å². The second kappa shape index (κ2) is 4.52. The number of likely N-dealkylation sites (tertiary alicyclic amines) is 1. The fourth-order valence-corrected chi connectivity index (χ4v) is 1.81. The van der Waals surface area contributed by atoms with Gasteiger partial charge in [0.1, 0.15) is 0 Å². The van der Waals surface area contributed by atoms with Gasteiger partial charge in [-0.1, -0.05) is 6.07 Å². The van der Waals surface area contributed by atoms with Gasteiger partial charge in [-0.2, -0.15) is 0 Å². The Bertz CT molecular complexity index is 548. The van der Waals surface area contributed by atoms with Crippen LogP contribution in [0.5, 0.6) is 11.5 Å². The lowest BCUT2D eigenvalue weighted by Gasteiger charge is -2.05. The van der Waals surface area contributed by atoms with Crippen molar-refractivity contribution in [3.63, 3.8) is 0 Å². The van der Waals surface area contributed by atoms with Gasteiger partial charge in [-0.05, 0) is 23.8 Å². The standard InChI is InChI=1S/C13H13NO4/c1-14-7-9(12(16)13(14)17)5-8-3-4-10(15)11(6-8)18-2/h3-6,15H,7H2,1-2H3/b9-5-. The minimum Gasteiger partial charge on any atom is -0.504 e. The Hall–Kier alpha value is -2.30. The average Bonchev–Trinajstić information content (AvgIpc) is 2.59. The maximum atomic E-state index is 11.6. The van der Waals surface area contributed by atoms with Crippen molar-refractivity contribution in [2.24, 2.45) is 0 Å². The fraction of sp³-hybridized carbons (Fsp3) is 0.231. The van der Waals surface area contributed by atoms with E-state index in [1.165, 1.54) is 18.1 Å². The van der Waals surface area contributed by atoms with Crippen LogP contribution in [0.25, 0.3) is 6.08 Å². The molecule has 2 rings (SSSR count). The third-order valence-corrected chi connectivity index (χ3v) is 2.78. The smallest absolute Gasteiger partial charge is 0.294 e. The molecule has 1 aromatic carbocycles. The molecule has 1 heterocycles. The number of rotatable bonds is 2. The van der Waals surface area contributed by atoms with Gasteiger partial charge in [0, 0.05) is 19.2 Å². The van der Waals surface area contributed by atoms with Gasteiger partial charge in [-0.15, -0.1) is 0 Å². The Kier molecular flexibility index (Phi) is 3.06. The predicted molar refractivity (Wildman–Crippen MR) is 65.3 cm³/mol. The normalized spacial score (nSPS) is 17.7. The van der Waals surface area contributed by atoms with Crippen molar-refractivity contribution >= 4 is 17.8 Å². The van der Waals surface area contributed by atoms with E-state index in [0.717, 1.165) is 0 Å². The Balaban J connectivity index is 2.34. The number of carbonyl (C=O) groups excluding carboxylic acids is 2. The molecule has 1 saturated heterocycles. The van der Waals surface area contributed by atoms with E-state index in [2.05, 4.69) is 0 Å². The van der Waals surface area contributed by atoms with E-state index in [0.29, 0.717) is 23.4 Å². The second-order valence-corrected chi connectivity index (χ2v) is 4.09. The Morgan fingerprint density at radius 3 is 2.67 bits per heavy atom. The predicted octanol–water partition coefficient (Wildman–Crippen LogP) is 0.825. The molecule has 94 valence electrons. The molecule has 5 heteroatoms. The van der Waals surface area contributed by atoms with E-state index >= 15 is 0 Å². The molecular formula is C13H13NO4. The fourth-order valence-electron chi connectivity index (χ4n) is 1.81. The zero-order valence-electron chi connectivity index (χ0n) is 10.1. The number of Topliss-reactive ketones (excluding diaryl/α,β-unsaturated/α-hetero) is 1. The van der Waals surface area contributed by atoms with Crippen LogP contribution < -0.4 is 4.74 Å². The number of ketones is 1. The average molecular weight is 247 g/mol. The van der Waals surface area contributed by atoms with E-state index in [4.69, 9.17) is 4.74 Å². The van der Waals surface area contributed by atoms with Crippen LogP contribution in [0.4, 0.5) is 0 Å². The Morgan fingerprint density at radius 1 is 1.39 bits per heavy atom. The summed E-state index contributed by atoms with van der Waals surface area (Å²) in [6.07, 6.45) is 1.63. The van der Waals surface area contributed by atoms with Gasteiger partial charge >= 0.3 is 0 Å². The third kappa shape index (κ3) is 2.07. The SMILES string of the molecule is COc1cc(/C=C2/CN(C)C(=O)C2=O)ccc1O. The summed E-state index contributed by atoms with van der Waals surface area (Å²) in [5, 5.41) is 9.46. The van der Waals surface area contributed by atoms with Crippen molar-refractivity contribution in [2.75, 3.05) is 20.7 Å². The maximum absolute atomic E-state index is 11.6. The van der Waals surface area contributed by atoms with Crippen molar-refractivity contribution in [1.82, 2.24) is 4.90 Å². The van der Waals surface area contributed by atoms with Crippen LogP contribution >= 0.6 is 0 Å². The largest absolute Gasteiger partial charge is 0.504 e. The highest BCUT2D eigenvalue weighted by Gasteiger charge is 2.31. The summed E-state index contributed by atoms with van der Waals surface area (Å²) in [5.41, 5.74) is 1.14. The molecule has 1 amide bonds. The molecule has 0 unspecified atom stereocenters. The lowest BCUT2D eigenvalue weighted by atomic mass is 10.1. The highest BCUT2D eigenvalue weighted by molar-refractivity contribution is 6.45. The molecule has 0 saturated carbocycles. The third-order valence-electron chi connectivity index (χ3n) is 2.78. The number of carbonyl (C=O) groups is 2. The van der Waals surface area contributed by atoms with Crippen molar-refractivity contribution in [2.45, 2.75) is 0 Å². The molecule has 1 aliphatic heterocycles. The number of phenols is 1. The van der Waals surface area contributed by atoms with Gasteiger partial charge < -0.3 is 14.7 Å². The molecule has 0 radical (unpaired) electrons. The highest BCUT2D eigenvalue weighted by atomic mass is 16.5. The quantitative estimate of drug-likeness (QED) is 0.620. The van der Waals surface area contributed by atoms with Crippen LogP contribution in [0.3, 0.4) is 0 Å². The van der Waals surface area contributed by atoms with Crippen molar-refractivity contribution in [3.8, 4) is 11.5 Å². The molecule has 5 nitrogen and oxygen atoms in total. The molecular weight excluding hydrogens is 234 g/mol. The number of likely N-dealkylation sites (N-methyl/N-ethyl adjacent to an activating group) is 1. The molecule has 1 aliphatic rings. The second-order valence-electron chi connectivity index (χ2n) is 4.09. The van der Waals surface area contributed by atoms with E-state index in [1.54, 1.807) is 25.3 Å². The minimum atomic E-state index is -0.494. The first-order valence-electron chi connectivity index (χ1n) is 5.40. The number of phenolic OH excluding ortho intramolecular Hbond substituents is 1. The Labute approximate surface area is 104 Å². The molecule has 18 heavy (non-hydrogen) atoms. The van der Waals surface area contributed by atoms with Crippen LogP contribution in [0.15, 0.2) is 23.8 Å². The first-order chi connectivity index (χ1) is 8.52. The number of hydrogen-bond donors (Lipinski definition) is 1. The summed E-state index contributed by atoms with van der Waals surface area (Å²) in [6, 6.07) is 4.75. The zero-order chi connectivity index (χ0) is 13.3. The van der Waals surface area contributed by atoms with Crippen molar-refractivity contribution in [1.29, 1.82) is 0 Å². The van der Waals surface area contributed by atoms with Crippen LogP contribution in [0, 0.1) is 0 Å². The number of methoxy groups -OCH3 is 1. The molecule has 1 aromatic rings. The summed E-state index contributed by atoms with van der Waals surface area (Å²) in [7, 11) is 3.03. The molecule has 1 fully saturated rings. The molecule has 0 spiro atoms. The van der Waals surface area contributed by atoms with Gasteiger partial charge in [0.2, 0.25) is 5.78 Å². The van der Waals surface area contributed by atoms with Crippen LogP contribution in [-0.4, -0.2) is 42.4 Å². The molecule has 0 aliphatic carbocycles. The van der Waals surface area contributed by atoms with Gasteiger partial charge in [0.15, 0.2) is 11.5 Å². The number of aromatic hydroxyl groups is 1. The summed E-state index contributed by atoms with van der Waals surface area (Å²) in [6.45, 7) is 0.306. The van der Waals surface area contributed by atoms with Crippen LogP contribution in [-0.2, 0) is 9.59 Å². The van der Waals surface area contributed by atoms with Gasteiger partial charge in [-0.25, -0.2) is 0 Å².